The number of fused-ring (bicyclic) bond motifs is 1. The Morgan fingerprint density at radius 2 is 1.68 bits per heavy atom. The van der Waals surface area contributed by atoms with Crippen LogP contribution in [0.15, 0.2) is 42.6 Å². The molecule has 160 valence electrons. The van der Waals surface area contributed by atoms with Crippen LogP contribution in [0, 0.1) is 29.6 Å². The summed E-state index contributed by atoms with van der Waals surface area (Å²) in [6, 6.07) is 16.9. The summed E-state index contributed by atoms with van der Waals surface area (Å²) in [5, 5.41) is 19.2. The quantitative estimate of drug-likeness (QED) is 0.639. The van der Waals surface area contributed by atoms with Gasteiger partial charge in [0.05, 0.1) is 17.2 Å². The fraction of sp³-hybridized carbons (Fsp3) is 0.385. The van der Waals surface area contributed by atoms with Crippen molar-refractivity contribution in [1.82, 2.24) is 9.88 Å². The van der Waals surface area contributed by atoms with E-state index in [1.807, 2.05) is 26.8 Å². The average Bonchev–Trinajstić information content (AvgIpc) is 3.23. The zero-order valence-electron chi connectivity index (χ0n) is 18.8. The average molecular weight is 414 g/mol. The third kappa shape index (κ3) is 5.26. The molecule has 1 aliphatic rings. The van der Waals surface area contributed by atoms with Crippen LogP contribution in [0.2, 0.25) is 0 Å². The molecule has 0 bridgehead atoms. The lowest BCUT2D eigenvalue weighted by molar-refractivity contribution is 0.255. The van der Waals surface area contributed by atoms with Gasteiger partial charge in [0.2, 0.25) is 0 Å². The Morgan fingerprint density at radius 1 is 0.935 bits per heavy atom. The molecule has 3 aromatic rings. The first-order valence-electron chi connectivity index (χ1n) is 11.2. The number of aromatic amines is 1. The minimum Gasteiger partial charge on any atom is -0.369 e. The highest BCUT2D eigenvalue weighted by atomic mass is 15.3. The van der Waals surface area contributed by atoms with Gasteiger partial charge >= 0.3 is 0 Å². The lowest BCUT2D eigenvalue weighted by Gasteiger charge is -2.36. The van der Waals surface area contributed by atoms with Gasteiger partial charge in [-0.3, -0.25) is 4.90 Å². The van der Waals surface area contributed by atoms with E-state index in [4.69, 9.17) is 10.5 Å². The number of piperazine rings is 1. The van der Waals surface area contributed by atoms with Crippen molar-refractivity contribution < 1.29 is 0 Å². The van der Waals surface area contributed by atoms with Gasteiger partial charge in [0, 0.05) is 49.0 Å². The lowest BCUT2D eigenvalue weighted by atomic mass is 10.1. The van der Waals surface area contributed by atoms with Crippen LogP contribution in [0.3, 0.4) is 0 Å². The third-order valence-corrected chi connectivity index (χ3v) is 5.87. The van der Waals surface area contributed by atoms with Gasteiger partial charge in [0.15, 0.2) is 0 Å². The molecule has 31 heavy (non-hydrogen) atoms. The highest BCUT2D eigenvalue weighted by Gasteiger charge is 2.17. The summed E-state index contributed by atoms with van der Waals surface area (Å²) in [6.07, 6.45) is 3.96. The minimum atomic E-state index is 0.710. The molecule has 1 aliphatic heterocycles. The number of H-pyrrole nitrogens is 1. The Hall–Kier alpha value is -3.28. The fourth-order valence-corrected chi connectivity index (χ4v) is 4.13. The Labute approximate surface area is 185 Å². The maximum Gasteiger partial charge on any atom is 0.101 e. The molecule has 0 atom stereocenters. The molecule has 2 aromatic carbocycles. The molecule has 0 spiro atoms. The van der Waals surface area contributed by atoms with E-state index in [0.717, 1.165) is 67.6 Å². The highest BCUT2D eigenvalue weighted by molar-refractivity contribution is 5.86. The van der Waals surface area contributed by atoms with E-state index in [9.17, 15) is 0 Å². The second-order valence-corrected chi connectivity index (χ2v) is 7.74. The van der Waals surface area contributed by atoms with Gasteiger partial charge in [0.25, 0.3) is 0 Å². The van der Waals surface area contributed by atoms with Gasteiger partial charge in [-0.25, -0.2) is 0 Å². The molecule has 4 rings (SSSR count). The van der Waals surface area contributed by atoms with E-state index in [1.54, 1.807) is 6.20 Å². The van der Waals surface area contributed by atoms with Crippen LogP contribution >= 0.6 is 0 Å². The van der Waals surface area contributed by atoms with E-state index in [1.165, 1.54) is 11.3 Å². The van der Waals surface area contributed by atoms with Crippen molar-refractivity contribution >= 4 is 16.6 Å². The largest absolute Gasteiger partial charge is 0.369 e. The molecule has 1 fully saturated rings. The molecule has 0 aliphatic carbocycles. The van der Waals surface area contributed by atoms with Crippen molar-refractivity contribution in [2.24, 2.45) is 0 Å². The van der Waals surface area contributed by atoms with Crippen molar-refractivity contribution in [2.75, 3.05) is 37.6 Å². The predicted octanol–water partition coefficient (Wildman–Crippen LogP) is 5.00. The van der Waals surface area contributed by atoms with Crippen molar-refractivity contribution in [3.63, 3.8) is 0 Å². The van der Waals surface area contributed by atoms with Crippen LogP contribution in [0.25, 0.3) is 10.9 Å². The Morgan fingerprint density at radius 3 is 2.35 bits per heavy atom. The predicted molar refractivity (Wildman–Crippen MR) is 127 cm³/mol. The number of nitriles is 2. The van der Waals surface area contributed by atoms with E-state index < -0.39 is 0 Å². The maximum atomic E-state index is 9.12. The topological polar surface area (TPSA) is 69.8 Å². The van der Waals surface area contributed by atoms with Crippen molar-refractivity contribution in [2.45, 2.75) is 33.6 Å². The van der Waals surface area contributed by atoms with Gasteiger partial charge in [-0.15, -0.1) is 0 Å². The zero-order valence-corrected chi connectivity index (χ0v) is 18.8. The second-order valence-electron chi connectivity index (χ2n) is 7.74. The zero-order chi connectivity index (χ0) is 22.2. The molecule has 5 heteroatoms. The van der Waals surface area contributed by atoms with Crippen LogP contribution < -0.4 is 4.90 Å². The number of nitrogens with one attached hydrogen (secondary N) is 1. The van der Waals surface area contributed by atoms with Crippen LogP contribution in [0.1, 0.15) is 42.5 Å². The lowest BCUT2D eigenvalue weighted by Crippen LogP contribution is -2.46. The van der Waals surface area contributed by atoms with Crippen molar-refractivity contribution in [3.05, 3.63) is 64.8 Å². The van der Waals surface area contributed by atoms with Gasteiger partial charge in [-0.2, -0.15) is 10.5 Å². The summed E-state index contributed by atoms with van der Waals surface area (Å²) in [5.74, 6) is 0. The minimum absolute atomic E-state index is 0.710. The number of anilines is 1. The molecule has 0 radical (unpaired) electrons. The SMILES string of the molecule is CC.Cc1cc(N2CCN(CCCc3ccc4c(C#N)c[nH]c4c3)CC2)ccc1C#N. The number of benzene rings is 2. The maximum absolute atomic E-state index is 9.12. The first-order chi connectivity index (χ1) is 15.2. The van der Waals surface area contributed by atoms with Gasteiger partial charge in [-0.1, -0.05) is 26.0 Å². The molecule has 2 heterocycles. The molecule has 1 saturated heterocycles. The summed E-state index contributed by atoms with van der Waals surface area (Å²) < 4.78 is 0. The normalized spacial score (nSPS) is 13.9. The number of nitrogens with zero attached hydrogens (tertiary/aromatic N) is 4. The molecule has 0 amide bonds. The monoisotopic (exact) mass is 413 g/mol. The highest BCUT2D eigenvalue weighted by Crippen LogP contribution is 2.22. The smallest absolute Gasteiger partial charge is 0.101 e. The summed E-state index contributed by atoms with van der Waals surface area (Å²) in [4.78, 5) is 8.14. The molecule has 5 nitrogen and oxygen atoms in total. The first-order valence-corrected chi connectivity index (χ1v) is 11.2. The van der Waals surface area contributed by atoms with E-state index in [-0.39, 0.29) is 0 Å². The van der Waals surface area contributed by atoms with E-state index in [2.05, 4.69) is 57.3 Å². The standard InChI is InChI=1S/C24H25N5.C2H6/c1-18-13-22(6-5-20(18)15-25)29-11-9-28(10-12-29)8-2-3-19-4-7-23-21(16-26)17-27-24(23)14-19;1-2/h4-7,13-14,17,27H,2-3,8-12H2,1H3;1-2H3. The second kappa shape index (κ2) is 10.7. The summed E-state index contributed by atoms with van der Waals surface area (Å²) in [5.41, 5.74) is 6.10. The number of aromatic nitrogens is 1. The number of aryl methyl sites for hydroxylation is 2. The number of rotatable bonds is 5. The molecule has 1 aromatic heterocycles. The van der Waals surface area contributed by atoms with Crippen LogP contribution in [0.4, 0.5) is 5.69 Å². The van der Waals surface area contributed by atoms with Crippen LogP contribution in [0.5, 0.6) is 0 Å². The van der Waals surface area contributed by atoms with Gasteiger partial charge < -0.3 is 9.88 Å². The van der Waals surface area contributed by atoms with E-state index in [0.29, 0.717) is 5.56 Å². The van der Waals surface area contributed by atoms with Crippen molar-refractivity contribution in [1.29, 1.82) is 10.5 Å². The number of hydrogen-bond acceptors (Lipinski definition) is 4. The molecule has 1 N–H and O–H groups in total. The number of hydrogen-bond donors (Lipinski definition) is 1. The van der Waals surface area contributed by atoms with Crippen molar-refractivity contribution in [3.8, 4) is 12.1 Å². The molecular formula is C26H31N5. The Kier molecular flexibility index (Phi) is 7.70. The third-order valence-electron chi connectivity index (χ3n) is 5.87. The molecule has 0 saturated carbocycles. The molecule has 0 unspecified atom stereocenters. The summed E-state index contributed by atoms with van der Waals surface area (Å²) in [7, 11) is 0. The van der Waals surface area contributed by atoms with Gasteiger partial charge in [-0.05, 0) is 61.7 Å². The molecular weight excluding hydrogens is 382 g/mol. The Bertz CT molecular complexity index is 1090. The summed E-state index contributed by atoms with van der Waals surface area (Å²) >= 11 is 0. The van der Waals surface area contributed by atoms with Gasteiger partial charge in [0.1, 0.15) is 6.07 Å². The van der Waals surface area contributed by atoms with Crippen LogP contribution in [-0.2, 0) is 6.42 Å². The Balaban J connectivity index is 0.00000132. The summed E-state index contributed by atoms with van der Waals surface area (Å²) in [6.45, 7) is 11.3. The fourth-order valence-electron chi connectivity index (χ4n) is 4.13. The van der Waals surface area contributed by atoms with Crippen LogP contribution in [-0.4, -0.2) is 42.6 Å². The first kappa shape index (κ1) is 22.4. The van der Waals surface area contributed by atoms with E-state index >= 15 is 0 Å².